The summed E-state index contributed by atoms with van der Waals surface area (Å²) >= 11 is 0. The molecule has 4 atom stereocenters. The zero-order valence-corrected chi connectivity index (χ0v) is 12.0. The molecule has 0 radical (unpaired) electrons. The molecule has 2 aliphatic carbocycles. The second-order valence-electron chi connectivity index (χ2n) is 7.19. The van der Waals surface area contributed by atoms with Crippen molar-refractivity contribution in [3.05, 3.63) is 0 Å². The number of fused-ring (bicyclic) bond motifs is 2. The van der Waals surface area contributed by atoms with E-state index in [4.69, 9.17) is 11.5 Å². The Bertz CT molecular complexity index is 287. The van der Waals surface area contributed by atoms with Crippen LogP contribution < -0.4 is 11.5 Å². The SMILES string of the molecule is CC(C)C1(CN)CC2CC1(C(C)C)CC2CN. The summed E-state index contributed by atoms with van der Waals surface area (Å²) in [5.74, 6) is 3.03. The molecule has 4 unspecified atom stereocenters. The predicted octanol–water partition coefficient (Wildman–Crippen LogP) is 2.62. The van der Waals surface area contributed by atoms with E-state index in [-0.39, 0.29) is 0 Å². The fraction of sp³-hybridized carbons (Fsp3) is 1.00. The van der Waals surface area contributed by atoms with Crippen LogP contribution in [0.15, 0.2) is 0 Å². The maximum Gasteiger partial charge on any atom is -0.00125 e. The van der Waals surface area contributed by atoms with E-state index in [0.29, 0.717) is 16.7 Å². The lowest BCUT2D eigenvalue weighted by atomic mass is 9.52. The van der Waals surface area contributed by atoms with Gasteiger partial charge in [0.2, 0.25) is 0 Å². The lowest BCUT2D eigenvalue weighted by Gasteiger charge is -2.53. The van der Waals surface area contributed by atoms with Crippen LogP contribution in [0.3, 0.4) is 0 Å². The summed E-state index contributed by atoms with van der Waals surface area (Å²) in [6.07, 6.45) is 4.02. The van der Waals surface area contributed by atoms with Gasteiger partial charge in [0, 0.05) is 0 Å². The molecular formula is C15H30N2. The second kappa shape index (κ2) is 4.24. The Balaban J connectivity index is 2.39. The van der Waals surface area contributed by atoms with E-state index in [1.807, 2.05) is 0 Å². The normalized spacial score (nSPS) is 45.2. The van der Waals surface area contributed by atoms with Gasteiger partial charge in [-0.1, -0.05) is 27.7 Å². The molecule has 17 heavy (non-hydrogen) atoms. The summed E-state index contributed by atoms with van der Waals surface area (Å²) in [7, 11) is 0. The van der Waals surface area contributed by atoms with Crippen molar-refractivity contribution >= 4 is 0 Å². The number of hydrogen-bond acceptors (Lipinski definition) is 2. The van der Waals surface area contributed by atoms with Gasteiger partial charge in [0.05, 0.1) is 0 Å². The Labute approximate surface area is 107 Å². The van der Waals surface area contributed by atoms with Crippen molar-refractivity contribution < 1.29 is 0 Å². The third-order valence-electron chi connectivity index (χ3n) is 6.41. The smallest absolute Gasteiger partial charge is 0.00125 e. The average molecular weight is 238 g/mol. The maximum absolute atomic E-state index is 6.23. The topological polar surface area (TPSA) is 52.0 Å². The molecule has 0 saturated heterocycles. The molecule has 2 aliphatic rings. The molecule has 2 bridgehead atoms. The Morgan fingerprint density at radius 3 is 2.06 bits per heavy atom. The fourth-order valence-electron chi connectivity index (χ4n) is 5.32. The van der Waals surface area contributed by atoms with Crippen LogP contribution in [-0.4, -0.2) is 13.1 Å². The summed E-state index contributed by atoms with van der Waals surface area (Å²) in [6.45, 7) is 11.3. The Morgan fingerprint density at radius 1 is 1.00 bits per heavy atom. The van der Waals surface area contributed by atoms with E-state index in [0.717, 1.165) is 30.8 Å². The van der Waals surface area contributed by atoms with Crippen molar-refractivity contribution in [2.24, 2.45) is 46.0 Å². The predicted molar refractivity (Wildman–Crippen MR) is 73.5 cm³/mol. The summed E-state index contributed by atoms with van der Waals surface area (Å²) in [5, 5.41) is 0. The van der Waals surface area contributed by atoms with E-state index >= 15 is 0 Å². The first kappa shape index (κ1) is 13.4. The molecule has 2 nitrogen and oxygen atoms in total. The van der Waals surface area contributed by atoms with Crippen LogP contribution in [-0.2, 0) is 0 Å². The summed E-state index contributed by atoms with van der Waals surface area (Å²) in [6, 6.07) is 0. The first-order chi connectivity index (χ1) is 7.93. The van der Waals surface area contributed by atoms with Crippen LogP contribution in [0.2, 0.25) is 0 Å². The van der Waals surface area contributed by atoms with Gasteiger partial charge in [-0.05, 0) is 66.9 Å². The Hall–Kier alpha value is -0.0800. The summed E-state index contributed by atoms with van der Waals surface area (Å²) in [4.78, 5) is 0. The molecular weight excluding hydrogens is 208 g/mol. The van der Waals surface area contributed by atoms with Gasteiger partial charge < -0.3 is 11.5 Å². The van der Waals surface area contributed by atoms with E-state index < -0.39 is 0 Å². The molecule has 0 aromatic heterocycles. The van der Waals surface area contributed by atoms with Crippen molar-refractivity contribution in [2.45, 2.75) is 47.0 Å². The highest BCUT2D eigenvalue weighted by atomic mass is 14.8. The average Bonchev–Trinajstić information content (AvgIpc) is 2.82. The zero-order valence-electron chi connectivity index (χ0n) is 12.0. The van der Waals surface area contributed by atoms with Gasteiger partial charge in [0.1, 0.15) is 0 Å². The standard InChI is InChI=1S/C15H30N2/c1-10(2)14-5-12(13(7-14)8-16)6-15(14,9-17)11(3)4/h10-13H,5-9,16-17H2,1-4H3. The van der Waals surface area contributed by atoms with Gasteiger partial charge in [-0.25, -0.2) is 0 Å². The van der Waals surface area contributed by atoms with Gasteiger partial charge in [0.25, 0.3) is 0 Å². The van der Waals surface area contributed by atoms with Gasteiger partial charge in [-0.2, -0.15) is 0 Å². The van der Waals surface area contributed by atoms with Gasteiger partial charge in [-0.3, -0.25) is 0 Å². The molecule has 100 valence electrons. The lowest BCUT2D eigenvalue weighted by molar-refractivity contribution is -0.0360. The van der Waals surface area contributed by atoms with E-state index in [9.17, 15) is 0 Å². The monoisotopic (exact) mass is 238 g/mol. The van der Waals surface area contributed by atoms with Crippen LogP contribution >= 0.6 is 0 Å². The highest BCUT2D eigenvalue weighted by Gasteiger charge is 2.65. The Kier molecular flexibility index (Phi) is 3.33. The third-order valence-corrected chi connectivity index (χ3v) is 6.41. The van der Waals surface area contributed by atoms with Crippen LogP contribution in [0.4, 0.5) is 0 Å². The zero-order chi connectivity index (χ0) is 12.8. The first-order valence-electron chi connectivity index (χ1n) is 7.33. The third kappa shape index (κ3) is 1.53. The van der Waals surface area contributed by atoms with Gasteiger partial charge in [0.15, 0.2) is 0 Å². The van der Waals surface area contributed by atoms with Crippen LogP contribution in [0, 0.1) is 34.5 Å². The van der Waals surface area contributed by atoms with Crippen molar-refractivity contribution in [1.82, 2.24) is 0 Å². The van der Waals surface area contributed by atoms with E-state index in [1.165, 1.54) is 19.3 Å². The van der Waals surface area contributed by atoms with Crippen molar-refractivity contribution in [3.8, 4) is 0 Å². The maximum atomic E-state index is 6.23. The van der Waals surface area contributed by atoms with Gasteiger partial charge >= 0.3 is 0 Å². The van der Waals surface area contributed by atoms with Crippen LogP contribution in [0.5, 0.6) is 0 Å². The van der Waals surface area contributed by atoms with Crippen molar-refractivity contribution in [2.75, 3.05) is 13.1 Å². The molecule has 0 aromatic carbocycles. The molecule has 0 amide bonds. The minimum Gasteiger partial charge on any atom is -0.330 e. The van der Waals surface area contributed by atoms with E-state index in [2.05, 4.69) is 27.7 Å². The molecule has 2 fully saturated rings. The van der Waals surface area contributed by atoms with Crippen molar-refractivity contribution in [3.63, 3.8) is 0 Å². The van der Waals surface area contributed by atoms with Gasteiger partial charge in [-0.15, -0.1) is 0 Å². The summed E-state index contributed by atoms with van der Waals surface area (Å²) < 4.78 is 0. The lowest BCUT2D eigenvalue weighted by Crippen LogP contribution is -2.51. The summed E-state index contributed by atoms with van der Waals surface area (Å²) in [5.41, 5.74) is 13.0. The number of hydrogen-bond donors (Lipinski definition) is 2. The minimum absolute atomic E-state index is 0.373. The van der Waals surface area contributed by atoms with E-state index in [1.54, 1.807) is 0 Å². The Morgan fingerprint density at radius 2 is 1.65 bits per heavy atom. The largest absolute Gasteiger partial charge is 0.330 e. The first-order valence-corrected chi connectivity index (χ1v) is 7.33. The molecule has 2 saturated carbocycles. The molecule has 0 heterocycles. The molecule has 2 heteroatoms. The van der Waals surface area contributed by atoms with Crippen LogP contribution in [0.1, 0.15) is 47.0 Å². The minimum atomic E-state index is 0.373. The van der Waals surface area contributed by atoms with Crippen molar-refractivity contribution in [1.29, 1.82) is 0 Å². The fourth-order valence-corrected chi connectivity index (χ4v) is 5.32. The highest BCUT2D eigenvalue weighted by molar-refractivity contribution is 5.15. The van der Waals surface area contributed by atoms with Crippen LogP contribution in [0.25, 0.3) is 0 Å². The molecule has 4 N–H and O–H groups in total. The quantitative estimate of drug-likeness (QED) is 0.791. The molecule has 2 rings (SSSR count). The number of rotatable bonds is 4. The molecule has 0 spiro atoms. The number of nitrogens with two attached hydrogens (primary N) is 2. The molecule has 0 aromatic rings. The highest BCUT2D eigenvalue weighted by Crippen LogP contribution is 2.70. The molecule has 0 aliphatic heterocycles. The second-order valence-corrected chi connectivity index (χ2v) is 7.19.